The van der Waals surface area contributed by atoms with Crippen LogP contribution in [0.4, 0.5) is 0 Å². The van der Waals surface area contributed by atoms with Gasteiger partial charge in [-0.3, -0.25) is 9.59 Å². The Morgan fingerprint density at radius 2 is 1.50 bits per heavy atom. The molecule has 0 bridgehead atoms. The summed E-state index contributed by atoms with van der Waals surface area (Å²) in [5.74, 6) is 0.822. The van der Waals surface area contributed by atoms with Gasteiger partial charge in [-0.2, -0.15) is 0 Å². The standard InChI is InChI=1S/C20H23NO5/c1-14(20(23)21-13-16-6-8-17(24-2)9-7-16)26-18-10-4-15(5-11-18)12-19(22)25-3/h4-11,14H,12-13H2,1-3H3,(H,21,23)/t14-/m0/s1. The first-order valence-electron chi connectivity index (χ1n) is 8.25. The van der Waals surface area contributed by atoms with E-state index < -0.39 is 6.10 Å². The quantitative estimate of drug-likeness (QED) is 0.735. The number of methoxy groups -OCH3 is 2. The fourth-order valence-electron chi connectivity index (χ4n) is 2.26. The summed E-state index contributed by atoms with van der Waals surface area (Å²) in [5, 5.41) is 2.84. The molecule has 6 nitrogen and oxygen atoms in total. The van der Waals surface area contributed by atoms with Crippen molar-refractivity contribution in [2.24, 2.45) is 0 Å². The predicted octanol–water partition coefficient (Wildman–Crippen LogP) is 2.49. The van der Waals surface area contributed by atoms with Crippen LogP contribution in [0.2, 0.25) is 0 Å². The van der Waals surface area contributed by atoms with Crippen molar-refractivity contribution in [1.82, 2.24) is 5.32 Å². The van der Waals surface area contributed by atoms with Crippen LogP contribution in [0, 0.1) is 0 Å². The summed E-state index contributed by atoms with van der Waals surface area (Å²) < 4.78 is 15.4. The molecule has 0 aliphatic carbocycles. The van der Waals surface area contributed by atoms with Crippen molar-refractivity contribution in [2.75, 3.05) is 14.2 Å². The molecule has 0 radical (unpaired) electrons. The average Bonchev–Trinajstić information content (AvgIpc) is 2.67. The van der Waals surface area contributed by atoms with Gasteiger partial charge in [0.1, 0.15) is 11.5 Å². The smallest absolute Gasteiger partial charge is 0.309 e. The van der Waals surface area contributed by atoms with Gasteiger partial charge >= 0.3 is 5.97 Å². The first kappa shape index (κ1) is 19.3. The van der Waals surface area contributed by atoms with E-state index in [1.807, 2.05) is 24.3 Å². The zero-order valence-corrected chi connectivity index (χ0v) is 15.2. The second kappa shape index (κ2) is 9.46. The summed E-state index contributed by atoms with van der Waals surface area (Å²) >= 11 is 0. The van der Waals surface area contributed by atoms with Crippen molar-refractivity contribution >= 4 is 11.9 Å². The number of amides is 1. The van der Waals surface area contributed by atoms with Crippen LogP contribution in [0.3, 0.4) is 0 Å². The van der Waals surface area contributed by atoms with Gasteiger partial charge < -0.3 is 19.5 Å². The van der Waals surface area contributed by atoms with Crippen LogP contribution in [-0.4, -0.2) is 32.2 Å². The number of benzene rings is 2. The van der Waals surface area contributed by atoms with Gasteiger partial charge in [0, 0.05) is 6.54 Å². The normalized spacial score (nSPS) is 11.3. The van der Waals surface area contributed by atoms with Crippen molar-refractivity contribution in [3.8, 4) is 11.5 Å². The van der Waals surface area contributed by atoms with Crippen molar-refractivity contribution in [2.45, 2.75) is 26.0 Å². The SMILES string of the molecule is COC(=O)Cc1ccc(O[C@@H](C)C(=O)NCc2ccc(OC)cc2)cc1. The minimum absolute atomic E-state index is 0.203. The molecule has 0 heterocycles. The van der Waals surface area contributed by atoms with E-state index >= 15 is 0 Å². The maximum absolute atomic E-state index is 12.2. The molecule has 138 valence electrons. The van der Waals surface area contributed by atoms with Gasteiger partial charge in [0.25, 0.3) is 5.91 Å². The topological polar surface area (TPSA) is 73.9 Å². The number of ether oxygens (including phenoxy) is 3. The number of carbonyl (C=O) groups excluding carboxylic acids is 2. The lowest BCUT2D eigenvalue weighted by Crippen LogP contribution is -2.35. The molecule has 0 spiro atoms. The third kappa shape index (κ3) is 5.81. The molecule has 0 aromatic heterocycles. The number of esters is 1. The monoisotopic (exact) mass is 357 g/mol. The molecule has 6 heteroatoms. The summed E-state index contributed by atoms with van der Waals surface area (Å²) in [6.07, 6.45) is -0.436. The molecule has 2 aromatic rings. The van der Waals surface area contributed by atoms with Crippen LogP contribution in [-0.2, 0) is 27.3 Å². The van der Waals surface area contributed by atoms with E-state index in [1.165, 1.54) is 7.11 Å². The fraction of sp³-hybridized carbons (Fsp3) is 0.300. The molecule has 0 saturated carbocycles. The maximum atomic E-state index is 12.2. The number of carbonyl (C=O) groups is 2. The van der Waals surface area contributed by atoms with Crippen molar-refractivity contribution in [3.05, 3.63) is 59.7 Å². The van der Waals surface area contributed by atoms with Gasteiger partial charge in [-0.1, -0.05) is 24.3 Å². The van der Waals surface area contributed by atoms with E-state index in [2.05, 4.69) is 10.1 Å². The number of hydrogen-bond acceptors (Lipinski definition) is 5. The molecule has 1 amide bonds. The molecule has 1 atom stereocenters. The van der Waals surface area contributed by atoms with Crippen LogP contribution in [0.5, 0.6) is 11.5 Å². The summed E-state index contributed by atoms with van der Waals surface area (Å²) in [5.41, 5.74) is 1.79. The van der Waals surface area contributed by atoms with Crippen molar-refractivity contribution < 1.29 is 23.8 Å². The predicted molar refractivity (Wildman–Crippen MR) is 97.1 cm³/mol. The van der Waals surface area contributed by atoms with E-state index in [0.717, 1.165) is 16.9 Å². The lowest BCUT2D eigenvalue weighted by atomic mass is 10.1. The second-order valence-electron chi connectivity index (χ2n) is 5.72. The summed E-state index contributed by atoms with van der Waals surface area (Å²) in [4.78, 5) is 23.4. The van der Waals surface area contributed by atoms with Gasteiger partial charge in [-0.05, 0) is 42.3 Å². The summed E-state index contributed by atoms with van der Waals surface area (Å²) in [6, 6.07) is 14.5. The van der Waals surface area contributed by atoms with Gasteiger partial charge in [-0.15, -0.1) is 0 Å². The summed E-state index contributed by atoms with van der Waals surface area (Å²) in [6.45, 7) is 2.10. The van der Waals surface area contributed by atoms with Crippen molar-refractivity contribution in [1.29, 1.82) is 0 Å². The molecule has 0 aliphatic rings. The molecule has 2 rings (SSSR count). The first-order valence-corrected chi connectivity index (χ1v) is 8.25. The molecule has 0 saturated heterocycles. The number of hydrogen-bond donors (Lipinski definition) is 1. The van der Waals surface area contributed by atoms with Crippen LogP contribution >= 0.6 is 0 Å². The Morgan fingerprint density at radius 1 is 0.923 bits per heavy atom. The Balaban J connectivity index is 1.83. The van der Waals surface area contributed by atoms with Crippen LogP contribution in [0.25, 0.3) is 0 Å². The molecule has 2 aromatic carbocycles. The molecular formula is C20H23NO5. The van der Waals surface area contributed by atoms with E-state index in [4.69, 9.17) is 9.47 Å². The van der Waals surface area contributed by atoms with Gasteiger partial charge in [0.2, 0.25) is 0 Å². The Kier molecular flexibility index (Phi) is 7.02. The minimum atomic E-state index is -0.639. The van der Waals surface area contributed by atoms with Gasteiger partial charge in [-0.25, -0.2) is 0 Å². The third-order valence-electron chi connectivity index (χ3n) is 3.81. The molecule has 0 aliphatic heterocycles. The Hall–Kier alpha value is -3.02. The zero-order valence-electron chi connectivity index (χ0n) is 15.2. The average molecular weight is 357 g/mol. The van der Waals surface area contributed by atoms with E-state index in [-0.39, 0.29) is 18.3 Å². The van der Waals surface area contributed by atoms with E-state index in [0.29, 0.717) is 12.3 Å². The first-order chi connectivity index (χ1) is 12.5. The van der Waals surface area contributed by atoms with Crippen LogP contribution in [0.1, 0.15) is 18.1 Å². The number of rotatable bonds is 8. The summed E-state index contributed by atoms with van der Waals surface area (Å²) in [7, 11) is 2.96. The second-order valence-corrected chi connectivity index (χ2v) is 5.72. The number of nitrogens with one attached hydrogen (secondary N) is 1. The van der Waals surface area contributed by atoms with Gasteiger partial charge in [0.15, 0.2) is 6.10 Å². The molecule has 0 fully saturated rings. The molecule has 26 heavy (non-hydrogen) atoms. The largest absolute Gasteiger partial charge is 0.497 e. The van der Waals surface area contributed by atoms with Crippen molar-refractivity contribution in [3.63, 3.8) is 0 Å². The third-order valence-corrected chi connectivity index (χ3v) is 3.81. The highest BCUT2D eigenvalue weighted by atomic mass is 16.5. The van der Waals surface area contributed by atoms with E-state index in [1.54, 1.807) is 38.3 Å². The maximum Gasteiger partial charge on any atom is 0.309 e. The Morgan fingerprint density at radius 3 is 2.08 bits per heavy atom. The molecular weight excluding hydrogens is 334 g/mol. The highest BCUT2D eigenvalue weighted by Gasteiger charge is 2.14. The minimum Gasteiger partial charge on any atom is -0.497 e. The Labute approximate surface area is 153 Å². The van der Waals surface area contributed by atoms with Crippen LogP contribution in [0.15, 0.2) is 48.5 Å². The lowest BCUT2D eigenvalue weighted by molar-refractivity contribution is -0.139. The van der Waals surface area contributed by atoms with Crippen LogP contribution < -0.4 is 14.8 Å². The molecule has 0 unspecified atom stereocenters. The Bertz CT molecular complexity index is 725. The van der Waals surface area contributed by atoms with Gasteiger partial charge in [0.05, 0.1) is 20.6 Å². The van der Waals surface area contributed by atoms with E-state index in [9.17, 15) is 9.59 Å². The molecule has 1 N–H and O–H groups in total. The fourth-order valence-corrected chi connectivity index (χ4v) is 2.26. The zero-order chi connectivity index (χ0) is 18.9. The highest BCUT2D eigenvalue weighted by Crippen LogP contribution is 2.15. The highest BCUT2D eigenvalue weighted by molar-refractivity contribution is 5.80. The lowest BCUT2D eigenvalue weighted by Gasteiger charge is -2.15.